The average Bonchev–Trinajstić information content (AvgIpc) is 2.90. The first kappa shape index (κ1) is 31.7. The van der Waals surface area contributed by atoms with Crippen LogP contribution in [0.1, 0.15) is 31.9 Å². The molecule has 7 nitrogen and oxygen atoms in total. The van der Waals surface area contributed by atoms with Gasteiger partial charge < -0.3 is 10.2 Å². The van der Waals surface area contributed by atoms with Gasteiger partial charge in [0.25, 0.3) is 10.0 Å². The quantitative estimate of drug-likeness (QED) is 0.270. The first-order valence-corrected chi connectivity index (χ1v) is 15.2. The molecule has 3 aromatic carbocycles. The van der Waals surface area contributed by atoms with Crippen molar-refractivity contribution in [2.75, 3.05) is 17.4 Å². The second-order valence-electron chi connectivity index (χ2n) is 9.86. The minimum Gasteiger partial charge on any atom is -0.354 e. The van der Waals surface area contributed by atoms with Crippen LogP contribution in [0.15, 0.2) is 71.6 Å². The SMILES string of the molecule is Cc1ccc(S(=O)(=O)N(CC(=O)N(Cc2cccc(Cl)c2)C(C)C(=O)NCC(C)C)c2cccc(Cl)c2Cl)cc1. The Morgan fingerprint density at radius 1 is 0.925 bits per heavy atom. The summed E-state index contributed by atoms with van der Waals surface area (Å²) in [5, 5.41) is 3.43. The van der Waals surface area contributed by atoms with E-state index in [1.165, 1.54) is 29.2 Å². The number of amides is 2. The number of hydrogen-bond donors (Lipinski definition) is 1. The molecule has 0 saturated carbocycles. The molecule has 40 heavy (non-hydrogen) atoms. The number of carbonyl (C=O) groups is 2. The summed E-state index contributed by atoms with van der Waals surface area (Å²) >= 11 is 18.9. The Morgan fingerprint density at radius 2 is 1.57 bits per heavy atom. The summed E-state index contributed by atoms with van der Waals surface area (Å²) in [5.74, 6) is -0.773. The van der Waals surface area contributed by atoms with Gasteiger partial charge in [-0.15, -0.1) is 0 Å². The van der Waals surface area contributed by atoms with E-state index in [-0.39, 0.29) is 39.0 Å². The zero-order chi connectivity index (χ0) is 29.6. The van der Waals surface area contributed by atoms with Crippen molar-refractivity contribution in [3.8, 4) is 0 Å². The molecule has 3 rings (SSSR count). The molecule has 2 amide bonds. The topological polar surface area (TPSA) is 86.8 Å². The number of hydrogen-bond acceptors (Lipinski definition) is 4. The molecule has 0 aliphatic rings. The fourth-order valence-electron chi connectivity index (χ4n) is 3.90. The zero-order valence-corrected chi connectivity index (χ0v) is 25.8. The molecule has 0 aliphatic carbocycles. The lowest BCUT2D eigenvalue weighted by Gasteiger charge is -2.32. The normalized spacial score (nSPS) is 12.2. The molecule has 1 unspecified atom stereocenters. The van der Waals surface area contributed by atoms with Gasteiger partial charge in [-0.25, -0.2) is 8.42 Å². The van der Waals surface area contributed by atoms with Crippen LogP contribution >= 0.6 is 34.8 Å². The molecule has 0 bridgehead atoms. The van der Waals surface area contributed by atoms with Crippen LogP contribution in [0.2, 0.25) is 15.1 Å². The van der Waals surface area contributed by atoms with Gasteiger partial charge in [0.15, 0.2) is 0 Å². The zero-order valence-electron chi connectivity index (χ0n) is 22.7. The molecule has 0 heterocycles. The minimum atomic E-state index is -4.26. The maximum absolute atomic E-state index is 14.0. The van der Waals surface area contributed by atoms with Crippen molar-refractivity contribution < 1.29 is 18.0 Å². The second kappa shape index (κ2) is 13.7. The van der Waals surface area contributed by atoms with Gasteiger partial charge in [-0.1, -0.05) is 84.5 Å². The summed E-state index contributed by atoms with van der Waals surface area (Å²) in [7, 11) is -4.26. The molecule has 1 atom stereocenters. The maximum Gasteiger partial charge on any atom is 0.264 e. The predicted molar refractivity (Wildman–Crippen MR) is 161 cm³/mol. The first-order valence-electron chi connectivity index (χ1n) is 12.7. The Labute approximate surface area is 251 Å². The predicted octanol–water partition coefficient (Wildman–Crippen LogP) is 6.34. The smallest absolute Gasteiger partial charge is 0.264 e. The highest BCUT2D eigenvalue weighted by Gasteiger charge is 2.33. The Hall–Kier alpha value is -2.78. The Bertz CT molecular complexity index is 1460. The Morgan fingerprint density at radius 3 is 2.20 bits per heavy atom. The molecular formula is C29H32Cl3N3O4S. The summed E-state index contributed by atoms with van der Waals surface area (Å²) in [5.41, 5.74) is 1.59. The number of aryl methyl sites for hydroxylation is 1. The van der Waals surface area contributed by atoms with Crippen LogP contribution in [-0.2, 0) is 26.2 Å². The molecule has 1 N–H and O–H groups in total. The van der Waals surface area contributed by atoms with Gasteiger partial charge in [0, 0.05) is 18.1 Å². The van der Waals surface area contributed by atoms with Gasteiger partial charge in [-0.2, -0.15) is 0 Å². The lowest BCUT2D eigenvalue weighted by Crippen LogP contribution is -2.51. The van der Waals surface area contributed by atoms with Crippen molar-refractivity contribution in [3.05, 3.63) is 92.9 Å². The summed E-state index contributed by atoms with van der Waals surface area (Å²) in [6.07, 6.45) is 0. The van der Waals surface area contributed by atoms with Gasteiger partial charge in [-0.3, -0.25) is 13.9 Å². The van der Waals surface area contributed by atoms with Crippen molar-refractivity contribution in [1.82, 2.24) is 10.2 Å². The molecule has 0 saturated heterocycles. The van der Waals surface area contributed by atoms with E-state index in [0.717, 1.165) is 9.87 Å². The summed E-state index contributed by atoms with van der Waals surface area (Å²) in [6.45, 7) is 7.18. The maximum atomic E-state index is 14.0. The fraction of sp³-hybridized carbons (Fsp3) is 0.310. The highest BCUT2D eigenvalue weighted by Crippen LogP contribution is 2.35. The molecule has 11 heteroatoms. The lowest BCUT2D eigenvalue weighted by molar-refractivity contribution is -0.139. The first-order chi connectivity index (χ1) is 18.8. The highest BCUT2D eigenvalue weighted by molar-refractivity contribution is 7.92. The van der Waals surface area contributed by atoms with E-state index in [4.69, 9.17) is 34.8 Å². The van der Waals surface area contributed by atoms with Crippen molar-refractivity contribution in [2.24, 2.45) is 5.92 Å². The number of halogens is 3. The van der Waals surface area contributed by atoms with Crippen molar-refractivity contribution in [2.45, 2.75) is 45.2 Å². The third-order valence-corrected chi connectivity index (χ3v) is 9.00. The van der Waals surface area contributed by atoms with E-state index in [0.29, 0.717) is 17.1 Å². The van der Waals surface area contributed by atoms with Crippen LogP contribution < -0.4 is 9.62 Å². The lowest BCUT2D eigenvalue weighted by atomic mass is 10.1. The number of benzene rings is 3. The van der Waals surface area contributed by atoms with E-state index < -0.39 is 28.5 Å². The van der Waals surface area contributed by atoms with E-state index in [9.17, 15) is 18.0 Å². The number of carbonyl (C=O) groups excluding carboxylic acids is 2. The van der Waals surface area contributed by atoms with Crippen molar-refractivity contribution in [3.63, 3.8) is 0 Å². The second-order valence-corrected chi connectivity index (χ2v) is 12.9. The third-order valence-electron chi connectivity index (χ3n) is 6.18. The molecule has 3 aromatic rings. The minimum absolute atomic E-state index is 0.0169. The highest BCUT2D eigenvalue weighted by atomic mass is 35.5. The Balaban J connectivity index is 2.06. The van der Waals surface area contributed by atoms with Gasteiger partial charge in [0.2, 0.25) is 11.8 Å². The van der Waals surface area contributed by atoms with Crippen molar-refractivity contribution in [1.29, 1.82) is 0 Å². The van der Waals surface area contributed by atoms with Crippen LogP contribution in [0, 0.1) is 12.8 Å². The molecule has 0 radical (unpaired) electrons. The van der Waals surface area contributed by atoms with E-state index >= 15 is 0 Å². The largest absolute Gasteiger partial charge is 0.354 e. The van der Waals surface area contributed by atoms with Crippen LogP contribution in [-0.4, -0.2) is 44.3 Å². The monoisotopic (exact) mass is 623 g/mol. The number of rotatable bonds is 11. The Kier molecular flexibility index (Phi) is 10.9. The number of anilines is 1. The van der Waals surface area contributed by atoms with E-state index in [1.807, 2.05) is 20.8 Å². The molecule has 0 fully saturated rings. The average molecular weight is 625 g/mol. The van der Waals surface area contributed by atoms with Crippen LogP contribution in [0.5, 0.6) is 0 Å². The van der Waals surface area contributed by atoms with Crippen LogP contribution in [0.4, 0.5) is 5.69 Å². The summed E-state index contributed by atoms with van der Waals surface area (Å²) in [4.78, 5) is 28.3. The van der Waals surface area contributed by atoms with Gasteiger partial charge in [-0.05, 0) is 61.7 Å². The molecular weight excluding hydrogens is 593 g/mol. The summed E-state index contributed by atoms with van der Waals surface area (Å²) < 4.78 is 28.7. The van der Waals surface area contributed by atoms with Gasteiger partial charge in [0.1, 0.15) is 12.6 Å². The van der Waals surface area contributed by atoms with Crippen molar-refractivity contribution >= 4 is 62.3 Å². The van der Waals surface area contributed by atoms with E-state index in [1.54, 1.807) is 49.4 Å². The molecule has 214 valence electrons. The standard InChI is InChI=1S/C29H32Cl3N3O4S/c1-19(2)16-33-29(37)21(4)34(17-22-7-5-8-23(30)15-22)27(36)18-35(26-10-6-9-25(31)28(26)32)40(38,39)24-13-11-20(3)12-14-24/h5-15,19,21H,16-18H2,1-4H3,(H,33,37). The number of nitrogens with zero attached hydrogens (tertiary/aromatic N) is 2. The number of sulfonamides is 1. The molecule has 0 aliphatic heterocycles. The number of nitrogens with one attached hydrogen (secondary N) is 1. The van der Waals surface area contributed by atoms with Gasteiger partial charge in [0.05, 0.1) is 20.6 Å². The third kappa shape index (κ3) is 7.91. The molecule has 0 aromatic heterocycles. The summed E-state index contributed by atoms with van der Waals surface area (Å²) in [6, 6.07) is 16.8. The van der Waals surface area contributed by atoms with Crippen LogP contribution in [0.3, 0.4) is 0 Å². The molecule has 0 spiro atoms. The van der Waals surface area contributed by atoms with Gasteiger partial charge >= 0.3 is 0 Å². The van der Waals surface area contributed by atoms with Crippen LogP contribution in [0.25, 0.3) is 0 Å². The van der Waals surface area contributed by atoms with E-state index in [2.05, 4.69) is 5.32 Å². The fourth-order valence-corrected chi connectivity index (χ4v) is 5.99.